The van der Waals surface area contributed by atoms with Crippen molar-refractivity contribution in [3.05, 3.63) is 39.6 Å². The van der Waals surface area contributed by atoms with E-state index in [0.29, 0.717) is 0 Å². The van der Waals surface area contributed by atoms with Crippen LogP contribution in [0.25, 0.3) is 0 Å². The molecule has 1 atom stereocenters. The monoisotopic (exact) mass is 261 g/mol. The second kappa shape index (κ2) is 4.86. The third-order valence-corrected chi connectivity index (χ3v) is 5.10. The SMILES string of the molecule is Cn1ccnc1CCC(N)c1cc2c(s1)CCC2. The number of rotatable bonds is 4. The smallest absolute Gasteiger partial charge is 0.108 e. The fraction of sp³-hybridized carbons (Fsp3) is 0.500. The van der Waals surface area contributed by atoms with E-state index in [1.54, 1.807) is 10.4 Å². The zero-order chi connectivity index (χ0) is 12.5. The molecular formula is C14H19N3S. The van der Waals surface area contributed by atoms with Crippen molar-refractivity contribution in [1.29, 1.82) is 0 Å². The topological polar surface area (TPSA) is 43.8 Å². The van der Waals surface area contributed by atoms with Crippen molar-refractivity contribution in [1.82, 2.24) is 9.55 Å². The molecule has 2 heterocycles. The van der Waals surface area contributed by atoms with Gasteiger partial charge in [0.05, 0.1) is 0 Å². The van der Waals surface area contributed by atoms with Crippen LogP contribution in [0.5, 0.6) is 0 Å². The standard InChI is InChI=1S/C14H19N3S/c1-17-8-7-16-14(17)6-5-11(15)13-9-10-3-2-4-12(10)18-13/h7-9,11H,2-6,15H2,1H3. The minimum Gasteiger partial charge on any atom is -0.338 e. The zero-order valence-electron chi connectivity index (χ0n) is 10.7. The van der Waals surface area contributed by atoms with E-state index < -0.39 is 0 Å². The Kier molecular flexibility index (Phi) is 3.22. The summed E-state index contributed by atoms with van der Waals surface area (Å²) in [6.45, 7) is 0. The summed E-state index contributed by atoms with van der Waals surface area (Å²) in [7, 11) is 2.04. The van der Waals surface area contributed by atoms with Crippen molar-refractivity contribution in [2.75, 3.05) is 0 Å². The summed E-state index contributed by atoms with van der Waals surface area (Å²) in [6, 6.07) is 2.49. The van der Waals surface area contributed by atoms with Crippen LogP contribution in [0.15, 0.2) is 18.5 Å². The lowest BCUT2D eigenvalue weighted by atomic mass is 10.1. The first kappa shape index (κ1) is 11.9. The third-order valence-electron chi connectivity index (χ3n) is 3.73. The van der Waals surface area contributed by atoms with Gasteiger partial charge in [-0.2, -0.15) is 0 Å². The summed E-state index contributed by atoms with van der Waals surface area (Å²) >= 11 is 1.92. The quantitative estimate of drug-likeness (QED) is 0.919. The number of aromatic nitrogens is 2. The van der Waals surface area contributed by atoms with Gasteiger partial charge in [0.2, 0.25) is 0 Å². The highest BCUT2D eigenvalue weighted by Crippen LogP contribution is 2.34. The van der Waals surface area contributed by atoms with Gasteiger partial charge in [-0.05, 0) is 37.3 Å². The maximum Gasteiger partial charge on any atom is 0.108 e. The van der Waals surface area contributed by atoms with Crippen molar-refractivity contribution in [3.8, 4) is 0 Å². The molecule has 0 saturated carbocycles. The Morgan fingerprint density at radius 2 is 2.39 bits per heavy atom. The van der Waals surface area contributed by atoms with Crippen LogP contribution in [0.1, 0.15) is 40.0 Å². The van der Waals surface area contributed by atoms with Gasteiger partial charge in [0.15, 0.2) is 0 Å². The van der Waals surface area contributed by atoms with Crippen LogP contribution in [-0.2, 0) is 26.3 Å². The molecule has 1 unspecified atom stereocenters. The fourth-order valence-corrected chi connectivity index (χ4v) is 3.89. The molecule has 1 aliphatic rings. The largest absolute Gasteiger partial charge is 0.338 e. The fourth-order valence-electron chi connectivity index (χ4n) is 2.60. The lowest BCUT2D eigenvalue weighted by molar-refractivity contribution is 0.628. The van der Waals surface area contributed by atoms with Crippen LogP contribution >= 0.6 is 11.3 Å². The zero-order valence-corrected chi connectivity index (χ0v) is 11.5. The summed E-state index contributed by atoms with van der Waals surface area (Å²) in [4.78, 5) is 7.26. The third kappa shape index (κ3) is 2.22. The molecule has 18 heavy (non-hydrogen) atoms. The van der Waals surface area contributed by atoms with E-state index in [0.717, 1.165) is 18.7 Å². The summed E-state index contributed by atoms with van der Waals surface area (Å²) in [5, 5.41) is 0. The van der Waals surface area contributed by atoms with Crippen LogP contribution in [0.3, 0.4) is 0 Å². The van der Waals surface area contributed by atoms with E-state index in [2.05, 4.69) is 15.6 Å². The molecule has 3 nitrogen and oxygen atoms in total. The molecule has 0 bridgehead atoms. The van der Waals surface area contributed by atoms with Gasteiger partial charge < -0.3 is 10.3 Å². The van der Waals surface area contributed by atoms with Gasteiger partial charge in [0.25, 0.3) is 0 Å². The molecule has 4 heteroatoms. The first-order chi connectivity index (χ1) is 8.74. The number of thiophene rings is 1. The summed E-state index contributed by atoms with van der Waals surface area (Å²) in [6.07, 6.45) is 9.59. The van der Waals surface area contributed by atoms with Gasteiger partial charge in [0, 0.05) is 41.7 Å². The molecule has 0 radical (unpaired) electrons. The number of nitrogens with two attached hydrogens (primary N) is 1. The van der Waals surface area contributed by atoms with E-state index >= 15 is 0 Å². The van der Waals surface area contributed by atoms with Crippen molar-refractivity contribution >= 4 is 11.3 Å². The summed E-state index contributed by atoms with van der Waals surface area (Å²) in [5.41, 5.74) is 7.84. The van der Waals surface area contributed by atoms with Crippen LogP contribution in [0.2, 0.25) is 0 Å². The Morgan fingerprint density at radius 3 is 3.11 bits per heavy atom. The number of hydrogen-bond acceptors (Lipinski definition) is 3. The lowest BCUT2D eigenvalue weighted by Crippen LogP contribution is -2.11. The Labute approximate surface area is 112 Å². The number of nitrogens with zero attached hydrogens (tertiary/aromatic N) is 2. The molecule has 0 spiro atoms. The highest BCUT2D eigenvalue weighted by atomic mass is 32.1. The highest BCUT2D eigenvalue weighted by Gasteiger charge is 2.18. The average molecular weight is 261 g/mol. The average Bonchev–Trinajstić information content (AvgIpc) is 3.00. The van der Waals surface area contributed by atoms with Gasteiger partial charge in [-0.3, -0.25) is 0 Å². The minimum atomic E-state index is 0.164. The Bertz CT molecular complexity index is 519. The van der Waals surface area contributed by atoms with Gasteiger partial charge in [-0.25, -0.2) is 4.98 Å². The molecule has 0 fully saturated rings. The molecule has 96 valence electrons. The van der Waals surface area contributed by atoms with Gasteiger partial charge in [0.1, 0.15) is 5.82 Å². The predicted molar refractivity (Wildman–Crippen MR) is 74.8 cm³/mol. The Balaban J connectivity index is 1.64. The van der Waals surface area contributed by atoms with Crippen LogP contribution in [-0.4, -0.2) is 9.55 Å². The van der Waals surface area contributed by atoms with Crippen LogP contribution < -0.4 is 5.73 Å². The number of aryl methyl sites for hydroxylation is 4. The molecule has 0 aliphatic heterocycles. The van der Waals surface area contributed by atoms with Gasteiger partial charge in [-0.1, -0.05) is 0 Å². The molecule has 0 amide bonds. The van der Waals surface area contributed by atoms with Gasteiger partial charge in [-0.15, -0.1) is 11.3 Å². The molecule has 2 N–H and O–H groups in total. The summed E-state index contributed by atoms with van der Waals surface area (Å²) < 4.78 is 2.07. The molecule has 2 aromatic heterocycles. The number of hydrogen-bond donors (Lipinski definition) is 1. The number of imidazole rings is 1. The van der Waals surface area contributed by atoms with E-state index in [1.807, 2.05) is 30.8 Å². The maximum absolute atomic E-state index is 6.30. The molecule has 2 aromatic rings. The molecule has 0 saturated heterocycles. The molecular weight excluding hydrogens is 242 g/mol. The molecule has 1 aliphatic carbocycles. The van der Waals surface area contributed by atoms with E-state index in [-0.39, 0.29) is 6.04 Å². The second-order valence-electron chi connectivity index (χ2n) is 5.05. The summed E-state index contributed by atoms with van der Waals surface area (Å²) in [5.74, 6) is 1.12. The minimum absolute atomic E-state index is 0.164. The maximum atomic E-state index is 6.30. The van der Waals surface area contributed by atoms with Crippen molar-refractivity contribution < 1.29 is 0 Å². The first-order valence-electron chi connectivity index (χ1n) is 6.57. The molecule has 3 rings (SSSR count). The van der Waals surface area contributed by atoms with Crippen molar-refractivity contribution in [2.45, 2.75) is 38.1 Å². The molecule has 0 aromatic carbocycles. The van der Waals surface area contributed by atoms with Crippen molar-refractivity contribution in [3.63, 3.8) is 0 Å². The Morgan fingerprint density at radius 1 is 1.50 bits per heavy atom. The number of fused-ring (bicyclic) bond motifs is 1. The van der Waals surface area contributed by atoms with E-state index in [9.17, 15) is 0 Å². The highest BCUT2D eigenvalue weighted by molar-refractivity contribution is 7.12. The lowest BCUT2D eigenvalue weighted by Gasteiger charge is -2.09. The van der Waals surface area contributed by atoms with Gasteiger partial charge >= 0.3 is 0 Å². The predicted octanol–water partition coefficient (Wildman–Crippen LogP) is 2.60. The van der Waals surface area contributed by atoms with Crippen molar-refractivity contribution in [2.24, 2.45) is 12.8 Å². The second-order valence-corrected chi connectivity index (χ2v) is 6.22. The Hall–Kier alpha value is -1.13. The van der Waals surface area contributed by atoms with Crippen LogP contribution in [0.4, 0.5) is 0 Å². The van der Waals surface area contributed by atoms with E-state index in [4.69, 9.17) is 5.73 Å². The first-order valence-corrected chi connectivity index (χ1v) is 7.39. The van der Waals surface area contributed by atoms with E-state index in [1.165, 1.54) is 24.1 Å². The normalized spacial score (nSPS) is 15.9. The van der Waals surface area contributed by atoms with Crippen LogP contribution in [0, 0.1) is 0 Å².